The van der Waals surface area contributed by atoms with Crippen molar-refractivity contribution in [3.8, 4) is 10.4 Å². The maximum Gasteiger partial charge on any atom is 0.348 e. The van der Waals surface area contributed by atoms with Gasteiger partial charge < -0.3 is 4.74 Å². The molecule has 0 radical (unpaired) electrons. The molecule has 0 saturated heterocycles. The van der Waals surface area contributed by atoms with E-state index >= 15 is 0 Å². The summed E-state index contributed by atoms with van der Waals surface area (Å²) in [5.74, 6) is -1.79. The number of rotatable bonds is 4. The van der Waals surface area contributed by atoms with E-state index < -0.39 is 24.4 Å². The summed E-state index contributed by atoms with van der Waals surface area (Å²) < 4.78 is 5.10. The van der Waals surface area contributed by atoms with Crippen LogP contribution in [0.2, 0.25) is 5.02 Å². The molecule has 0 aliphatic heterocycles. The third-order valence-corrected chi connectivity index (χ3v) is 6.22. The Kier molecular flexibility index (Phi) is 5.83. The highest BCUT2D eigenvalue weighted by molar-refractivity contribution is 7.17. The fourth-order valence-corrected chi connectivity index (χ4v) is 4.64. The van der Waals surface area contributed by atoms with Crippen molar-refractivity contribution < 1.29 is 19.1 Å². The van der Waals surface area contributed by atoms with E-state index in [4.69, 9.17) is 16.3 Å². The first-order valence-corrected chi connectivity index (χ1v) is 10.4. The molecule has 6 nitrogen and oxygen atoms in total. The van der Waals surface area contributed by atoms with Crippen molar-refractivity contribution in [1.29, 1.82) is 0 Å². The third kappa shape index (κ3) is 4.22. The van der Waals surface area contributed by atoms with Crippen LogP contribution in [0, 0.1) is 0 Å². The Hall–Kier alpha value is -3.16. The third-order valence-electron chi connectivity index (χ3n) is 4.70. The number of aryl methyl sites for hydroxylation is 2. The fourth-order valence-electron chi connectivity index (χ4n) is 3.25. The number of hydrazine groups is 1. The molecule has 1 aromatic heterocycles. The number of amides is 2. The predicted molar refractivity (Wildman–Crippen MR) is 115 cm³/mol. The van der Waals surface area contributed by atoms with Gasteiger partial charge in [-0.05, 0) is 47.7 Å². The number of carbonyl (C=O) groups is 3. The van der Waals surface area contributed by atoms with Gasteiger partial charge in [-0.15, -0.1) is 11.3 Å². The van der Waals surface area contributed by atoms with E-state index in [0.29, 0.717) is 4.88 Å². The lowest BCUT2D eigenvalue weighted by molar-refractivity contribution is -0.125. The monoisotopic (exact) mass is 440 g/mol. The van der Waals surface area contributed by atoms with E-state index in [1.165, 1.54) is 23.0 Å². The average Bonchev–Trinajstić information content (AvgIpc) is 3.21. The molecule has 1 aliphatic carbocycles. The zero-order valence-electron chi connectivity index (χ0n) is 15.7. The normalized spacial score (nSPS) is 11.8. The highest BCUT2D eigenvalue weighted by Gasteiger charge is 2.22. The van der Waals surface area contributed by atoms with E-state index in [9.17, 15) is 14.4 Å². The topological polar surface area (TPSA) is 84.5 Å². The minimum Gasteiger partial charge on any atom is -0.451 e. The van der Waals surface area contributed by atoms with Crippen molar-refractivity contribution in [2.24, 2.45) is 0 Å². The first-order chi connectivity index (χ1) is 14.5. The van der Waals surface area contributed by atoms with Crippen LogP contribution in [0.3, 0.4) is 0 Å². The van der Waals surface area contributed by atoms with Crippen molar-refractivity contribution in [2.75, 3.05) is 6.61 Å². The molecule has 0 spiro atoms. The molecule has 2 amide bonds. The molecule has 1 aliphatic rings. The molecule has 1 heterocycles. The van der Waals surface area contributed by atoms with Crippen molar-refractivity contribution in [3.63, 3.8) is 0 Å². The van der Waals surface area contributed by atoms with Crippen LogP contribution in [0.15, 0.2) is 54.6 Å². The molecule has 152 valence electrons. The predicted octanol–water partition coefficient (Wildman–Crippen LogP) is 3.79. The van der Waals surface area contributed by atoms with E-state index in [1.54, 1.807) is 18.2 Å². The van der Waals surface area contributed by atoms with E-state index in [0.717, 1.165) is 28.8 Å². The largest absolute Gasteiger partial charge is 0.451 e. The van der Waals surface area contributed by atoms with Gasteiger partial charge in [-0.2, -0.15) is 0 Å². The number of halogens is 1. The molecule has 30 heavy (non-hydrogen) atoms. The number of fused-ring (bicyclic) bond motifs is 3. The van der Waals surface area contributed by atoms with Crippen LogP contribution in [0.4, 0.5) is 0 Å². The number of thiophene rings is 1. The van der Waals surface area contributed by atoms with Crippen molar-refractivity contribution in [2.45, 2.75) is 12.8 Å². The number of hydrogen-bond acceptors (Lipinski definition) is 5. The molecule has 0 bridgehead atoms. The summed E-state index contributed by atoms with van der Waals surface area (Å²) in [7, 11) is 0. The highest BCUT2D eigenvalue weighted by Crippen LogP contribution is 2.39. The van der Waals surface area contributed by atoms with Crippen LogP contribution in [0.25, 0.3) is 10.4 Å². The van der Waals surface area contributed by atoms with Gasteiger partial charge in [0.1, 0.15) is 4.88 Å². The summed E-state index contributed by atoms with van der Waals surface area (Å²) in [4.78, 5) is 37.9. The molecule has 0 fully saturated rings. The van der Waals surface area contributed by atoms with Gasteiger partial charge in [0.05, 0.1) is 10.6 Å². The second-order valence-corrected chi connectivity index (χ2v) is 8.14. The van der Waals surface area contributed by atoms with Gasteiger partial charge in [-0.1, -0.05) is 48.0 Å². The Labute approximate surface area is 181 Å². The number of carbonyl (C=O) groups excluding carboxylic acids is 3. The molecular formula is C22H17ClN2O4S. The minimum atomic E-state index is -0.657. The van der Waals surface area contributed by atoms with Gasteiger partial charge in [0.2, 0.25) is 0 Å². The van der Waals surface area contributed by atoms with Crippen LogP contribution in [-0.4, -0.2) is 24.4 Å². The maximum absolute atomic E-state index is 12.4. The van der Waals surface area contributed by atoms with Gasteiger partial charge in [-0.25, -0.2) is 4.79 Å². The minimum absolute atomic E-state index is 0.223. The zero-order valence-corrected chi connectivity index (χ0v) is 17.3. The smallest absolute Gasteiger partial charge is 0.348 e. The summed E-state index contributed by atoms with van der Waals surface area (Å²) in [6.07, 6.45) is 1.80. The Bertz CT molecular complexity index is 1140. The first-order valence-electron chi connectivity index (χ1n) is 9.25. The lowest BCUT2D eigenvalue weighted by Crippen LogP contribution is -2.43. The van der Waals surface area contributed by atoms with Crippen LogP contribution in [-0.2, 0) is 22.4 Å². The molecule has 0 saturated carbocycles. The molecular weight excluding hydrogens is 424 g/mol. The molecule has 4 rings (SSSR count). The number of ether oxygens (including phenoxy) is 1. The summed E-state index contributed by atoms with van der Waals surface area (Å²) in [5, 5.41) is 0.263. The Morgan fingerprint density at radius 1 is 0.967 bits per heavy atom. The number of nitrogens with one attached hydrogen (secondary N) is 2. The SMILES string of the molecule is O=C(COC(=O)c1cc2c(s1)-c1ccccc1CC2)NNC(=O)c1ccccc1Cl. The highest BCUT2D eigenvalue weighted by atomic mass is 35.5. The number of hydrogen-bond donors (Lipinski definition) is 2. The lowest BCUT2D eigenvalue weighted by atomic mass is 9.91. The van der Waals surface area contributed by atoms with Crippen LogP contribution >= 0.6 is 22.9 Å². The molecule has 3 aromatic rings. The van der Waals surface area contributed by atoms with Crippen molar-refractivity contribution in [1.82, 2.24) is 10.9 Å². The Balaban J connectivity index is 1.32. The number of benzene rings is 2. The molecule has 0 unspecified atom stereocenters. The van der Waals surface area contributed by atoms with Crippen LogP contribution in [0.5, 0.6) is 0 Å². The average molecular weight is 441 g/mol. The van der Waals surface area contributed by atoms with Gasteiger partial charge in [-0.3, -0.25) is 20.4 Å². The van der Waals surface area contributed by atoms with E-state index in [1.807, 2.05) is 24.3 Å². The van der Waals surface area contributed by atoms with Crippen molar-refractivity contribution >= 4 is 40.7 Å². The second kappa shape index (κ2) is 8.69. The van der Waals surface area contributed by atoms with Gasteiger partial charge in [0, 0.05) is 4.88 Å². The van der Waals surface area contributed by atoms with Gasteiger partial charge in [0.15, 0.2) is 6.61 Å². The van der Waals surface area contributed by atoms with E-state index in [-0.39, 0.29) is 10.6 Å². The zero-order chi connectivity index (χ0) is 21.1. The standard InChI is InChI=1S/C22H17ClN2O4S/c23-17-8-4-3-7-16(17)21(27)25-24-19(26)12-29-22(28)18-11-14-10-9-13-5-1-2-6-15(13)20(14)30-18/h1-8,11H,9-10,12H2,(H,24,26)(H,25,27). The number of esters is 1. The summed E-state index contributed by atoms with van der Waals surface area (Å²) in [5.41, 5.74) is 8.19. The first kappa shape index (κ1) is 20.1. The van der Waals surface area contributed by atoms with Crippen LogP contribution < -0.4 is 10.9 Å². The molecule has 2 N–H and O–H groups in total. The van der Waals surface area contributed by atoms with Gasteiger partial charge in [0.25, 0.3) is 11.8 Å². The van der Waals surface area contributed by atoms with Gasteiger partial charge >= 0.3 is 5.97 Å². The van der Waals surface area contributed by atoms with E-state index in [2.05, 4.69) is 16.9 Å². The summed E-state index contributed by atoms with van der Waals surface area (Å²) in [6, 6.07) is 16.4. The summed E-state index contributed by atoms with van der Waals surface area (Å²) in [6.45, 7) is -0.513. The van der Waals surface area contributed by atoms with Crippen molar-refractivity contribution in [3.05, 3.63) is 81.2 Å². The quantitative estimate of drug-likeness (QED) is 0.477. The fraction of sp³-hybridized carbons (Fsp3) is 0.136. The molecule has 0 atom stereocenters. The Morgan fingerprint density at radius 3 is 2.53 bits per heavy atom. The van der Waals surface area contributed by atoms with Crippen LogP contribution in [0.1, 0.15) is 31.2 Å². The lowest BCUT2D eigenvalue weighted by Gasteiger charge is -2.15. The molecule has 2 aromatic carbocycles. The molecule has 8 heteroatoms. The second-order valence-electron chi connectivity index (χ2n) is 6.68. The maximum atomic E-state index is 12.4. The summed E-state index contributed by atoms with van der Waals surface area (Å²) >= 11 is 7.30. The Morgan fingerprint density at radius 2 is 1.70 bits per heavy atom.